The summed E-state index contributed by atoms with van der Waals surface area (Å²) >= 11 is 8.44. The van der Waals surface area contributed by atoms with Gasteiger partial charge < -0.3 is 11.1 Å². The molecule has 19 heavy (non-hydrogen) atoms. The Kier molecular flexibility index (Phi) is 5.94. The monoisotopic (exact) mass is 342 g/mol. The van der Waals surface area contributed by atoms with E-state index in [1.54, 1.807) is 0 Å². The first-order valence-corrected chi connectivity index (χ1v) is 7.49. The molecule has 0 saturated heterocycles. The van der Waals surface area contributed by atoms with E-state index in [2.05, 4.69) is 21.2 Å². The smallest absolute Gasteiger partial charge is 0.233 e. The number of rotatable bonds is 6. The van der Waals surface area contributed by atoms with E-state index in [1.165, 1.54) is 0 Å². The molecule has 0 fully saturated rings. The Labute approximate surface area is 128 Å². The first-order valence-electron chi connectivity index (χ1n) is 6.29. The van der Waals surface area contributed by atoms with Gasteiger partial charge in [-0.3, -0.25) is 4.79 Å². The molecule has 0 spiro atoms. The molecule has 3 nitrogen and oxygen atoms in total. The first kappa shape index (κ1) is 16.1. The Bertz CT molecular complexity index is 455. The van der Waals surface area contributed by atoms with Gasteiger partial charge in [-0.15, -0.1) is 0 Å². The van der Waals surface area contributed by atoms with Crippen molar-refractivity contribution in [2.45, 2.75) is 33.2 Å². The first-order chi connectivity index (χ1) is 8.96. The number of amides is 1. The fourth-order valence-electron chi connectivity index (χ4n) is 1.99. The van der Waals surface area contributed by atoms with Crippen molar-refractivity contribution < 1.29 is 4.79 Å². The number of nitrogens with one attached hydrogen (secondary N) is 1. The number of halogens is 1. The van der Waals surface area contributed by atoms with Gasteiger partial charge in [-0.25, -0.2) is 0 Å². The molecule has 0 bridgehead atoms. The number of hydrogen-bond acceptors (Lipinski definition) is 2. The lowest BCUT2D eigenvalue weighted by molar-refractivity contribution is -0.128. The van der Waals surface area contributed by atoms with Crippen molar-refractivity contribution in [3.8, 4) is 0 Å². The zero-order valence-electron chi connectivity index (χ0n) is 11.2. The summed E-state index contributed by atoms with van der Waals surface area (Å²) in [5.41, 5.74) is 6.06. The number of carbonyl (C=O) groups is 1. The van der Waals surface area contributed by atoms with Crippen molar-refractivity contribution >= 4 is 39.0 Å². The summed E-state index contributed by atoms with van der Waals surface area (Å²) in [6.07, 6.45) is 1.23. The molecule has 0 unspecified atom stereocenters. The summed E-state index contributed by atoms with van der Waals surface area (Å²) in [4.78, 5) is 12.6. The predicted octanol–water partition coefficient (Wildman–Crippen LogP) is 3.16. The molecule has 0 radical (unpaired) electrons. The van der Waals surface area contributed by atoms with Crippen molar-refractivity contribution in [1.29, 1.82) is 0 Å². The van der Waals surface area contributed by atoms with Crippen LogP contribution in [0.1, 0.15) is 32.3 Å². The van der Waals surface area contributed by atoms with Crippen molar-refractivity contribution in [1.82, 2.24) is 5.32 Å². The largest absolute Gasteiger partial charge is 0.392 e. The van der Waals surface area contributed by atoms with E-state index >= 15 is 0 Å². The number of nitrogens with two attached hydrogens (primary N) is 1. The van der Waals surface area contributed by atoms with E-state index in [-0.39, 0.29) is 10.9 Å². The number of thiocarbonyl (C=S) groups is 1. The minimum absolute atomic E-state index is 0.0899. The van der Waals surface area contributed by atoms with Crippen LogP contribution >= 0.6 is 28.1 Å². The standard InChI is InChI=1S/C14H19BrN2OS/c1-3-14(4-2,12(16)19)13(18)17-9-10-5-7-11(15)8-6-10/h5-8H,3-4,9H2,1-2H3,(H2,16,19)(H,17,18). The molecule has 1 rings (SSSR count). The van der Waals surface area contributed by atoms with Crippen LogP contribution in [-0.4, -0.2) is 10.9 Å². The van der Waals surface area contributed by atoms with Crippen LogP contribution in [0.4, 0.5) is 0 Å². The fraction of sp³-hybridized carbons (Fsp3) is 0.429. The third-order valence-corrected chi connectivity index (χ3v) is 4.40. The quantitative estimate of drug-likeness (QED) is 0.780. The van der Waals surface area contributed by atoms with Crippen LogP contribution in [-0.2, 0) is 11.3 Å². The lowest BCUT2D eigenvalue weighted by Crippen LogP contribution is -2.48. The van der Waals surface area contributed by atoms with Gasteiger partial charge in [0.15, 0.2) is 0 Å². The Hall–Kier alpha value is -0.940. The van der Waals surface area contributed by atoms with Gasteiger partial charge in [0.2, 0.25) is 5.91 Å². The molecule has 0 aliphatic heterocycles. The highest BCUT2D eigenvalue weighted by molar-refractivity contribution is 9.10. The minimum atomic E-state index is -0.731. The van der Waals surface area contributed by atoms with Gasteiger partial charge in [-0.05, 0) is 30.5 Å². The van der Waals surface area contributed by atoms with Gasteiger partial charge in [0, 0.05) is 11.0 Å². The summed E-state index contributed by atoms with van der Waals surface area (Å²) < 4.78 is 1.02. The molecule has 1 aromatic rings. The molecule has 1 aromatic carbocycles. The second-order valence-corrected chi connectivity index (χ2v) is 5.82. The van der Waals surface area contributed by atoms with Gasteiger partial charge in [0.25, 0.3) is 0 Å². The molecule has 0 aliphatic carbocycles. The summed E-state index contributed by atoms with van der Waals surface area (Å²) in [6, 6.07) is 7.82. The van der Waals surface area contributed by atoms with Crippen molar-refractivity contribution in [2.24, 2.45) is 11.1 Å². The summed E-state index contributed by atoms with van der Waals surface area (Å²) in [5.74, 6) is -0.0899. The van der Waals surface area contributed by atoms with E-state index in [0.717, 1.165) is 10.0 Å². The Balaban J connectivity index is 2.73. The lowest BCUT2D eigenvalue weighted by Gasteiger charge is -2.28. The van der Waals surface area contributed by atoms with Crippen LogP contribution in [0.5, 0.6) is 0 Å². The van der Waals surface area contributed by atoms with Crippen molar-refractivity contribution in [2.75, 3.05) is 0 Å². The average Bonchev–Trinajstić information content (AvgIpc) is 2.39. The maximum absolute atomic E-state index is 12.3. The maximum Gasteiger partial charge on any atom is 0.233 e. The number of carbonyl (C=O) groups excluding carboxylic acids is 1. The predicted molar refractivity (Wildman–Crippen MR) is 85.8 cm³/mol. The number of benzene rings is 1. The van der Waals surface area contributed by atoms with E-state index < -0.39 is 5.41 Å². The second-order valence-electron chi connectivity index (χ2n) is 4.46. The highest BCUT2D eigenvalue weighted by atomic mass is 79.9. The summed E-state index contributed by atoms with van der Waals surface area (Å²) in [6.45, 7) is 4.35. The van der Waals surface area contributed by atoms with Crippen LogP contribution < -0.4 is 11.1 Å². The van der Waals surface area contributed by atoms with Gasteiger partial charge in [0.1, 0.15) is 0 Å². The van der Waals surface area contributed by atoms with Gasteiger partial charge in [-0.1, -0.05) is 54.1 Å². The maximum atomic E-state index is 12.3. The summed E-state index contributed by atoms with van der Waals surface area (Å²) in [5, 5.41) is 2.92. The van der Waals surface area contributed by atoms with E-state index in [1.807, 2.05) is 38.1 Å². The Morgan fingerprint density at radius 3 is 2.26 bits per heavy atom. The average molecular weight is 343 g/mol. The Morgan fingerprint density at radius 2 is 1.84 bits per heavy atom. The molecule has 0 aliphatic rings. The van der Waals surface area contributed by atoms with Crippen molar-refractivity contribution in [3.05, 3.63) is 34.3 Å². The SMILES string of the molecule is CCC(CC)(C(=O)NCc1ccc(Br)cc1)C(N)=S. The molecule has 1 amide bonds. The third-order valence-electron chi connectivity index (χ3n) is 3.48. The highest BCUT2D eigenvalue weighted by Gasteiger charge is 2.37. The van der Waals surface area contributed by atoms with E-state index in [9.17, 15) is 4.79 Å². The molecule has 0 aromatic heterocycles. The van der Waals surface area contributed by atoms with Crippen LogP contribution in [0, 0.1) is 5.41 Å². The molecule has 0 atom stereocenters. The highest BCUT2D eigenvalue weighted by Crippen LogP contribution is 2.27. The van der Waals surface area contributed by atoms with Crippen LogP contribution in [0.2, 0.25) is 0 Å². The van der Waals surface area contributed by atoms with Gasteiger partial charge in [-0.2, -0.15) is 0 Å². The molecule has 104 valence electrons. The molecule has 3 N–H and O–H groups in total. The third kappa shape index (κ3) is 3.76. The normalized spacial score (nSPS) is 11.1. The second kappa shape index (κ2) is 7.01. The van der Waals surface area contributed by atoms with Crippen LogP contribution in [0.25, 0.3) is 0 Å². The van der Waals surface area contributed by atoms with Crippen LogP contribution in [0.15, 0.2) is 28.7 Å². The number of hydrogen-bond donors (Lipinski definition) is 2. The van der Waals surface area contributed by atoms with Crippen molar-refractivity contribution in [3.63, 3.8) is 0 Å². The molecule has 0 heterocycles. The van der Waals surface area contributed by atoms with Gasteiger partial charge >= 0.3 is 0 Å². The fourth-order valence-corrected chi connectivity index (χ4v) is 2.63. The zero-order valence-corrected chi connectivity index (χ0v) is 13.6. The molecule has 5 heteroatoms. The van der Waals surface area contributed by atoms with E-state index in [4.69, 9.17) is 18.0 Å². The molecular formula is C14H19BrN2OS. The van der Waals surface area contributed by atoms with Gasteiger partial charge in [0.05, 0.1) is 10.4 Å². The topological polar surface area (TPSA) is 55.1 Å². The van der Waals surface area contributed by atoms with E-state index in [0.29, 0.717) is 19.4 Å². The summed E-state index contributed by atoms with van der Waals surface area (Å²) in [7, 11) is 0. The van der Waals surface area contributed by atoms with Crippen LogP contribution in [0.3, 0.4) is 0 Å². The Morgan fingerprint density at radius 1 is 1.32 bits per heavy atom. The lowest BCUT2D eigenvalue weighted by atomic mass is 9.81. The zero-order chi connectivity index (χ0) is 14.5. The minimum Gasteiger partial charge on any atom is -0.392 e. The molecule has 0 saturated carbocycles. The molecular weight excluding hydrogens is 324 g/mol.